The Morgan fingerprint density at radius 3 is 1.71 bits per heavy atom. The van der Waals surface area contributed by atoms with E-state index in [1.807, 2.05) is 0 Å². The van der Waals surface area contributed by atoms with Crippen molar-refractivity contribution < 1.29 is 4.79 Å². The SMILES string of the molecule is Cl.NCCC1CC1.O=C(NC1CC1)NC1CC1. The number of hydrogen-bond acceptors (Lipinski definition) is 2. The van der Waals surface area contributed by atoms with E-state index in [0.717, 1.165) is 38.1 Å². The molecule has 5 heteroatoms. The third-order valence-corrected chi connectivity index (χ3v) is 3.10. The van der Waals surface area contributed by atoms with Crippen LogP contribution in [-0.4, -0.2) is 24.7 Å². The lowest BCUT2D eigenvalue weighted by molar-refractivity contribution is 0.240. The van der Waals surface area contributed by atoms with Gasteiger partial charge in [0.15, 0.2) is 0 Å². The second-order valence-electron chi connectivity index (χ2n) is 5.19. The second kappa shape index (κ2) is 7.07. The minimum atomic E-state index is 0. The van der Waals surface area contributed by atoms with Gasteiger partial charge in [-0.2, -0.15) is 0 Å². The third kappa shape index (κ3) is 7.45. The number of carbonyl (C=O) groups is 1. The second-order valence-corrected chi connectivity index (χ2v) is 5.19. The van der Waals surface area contributed by atoms with Crippen molar-refractivity contribution in [1.82, 2.24) is 10.6 Å². The lowest BCUT2D eigenvalue weighted by Crippen LogP contribution is -2.37. The van der Waals surface area contributed by atoms with Gasteiger partial charge in [0.25, 0.3) is 0 Å². The predicted molar refractivity (Wildman–Crippen MR) is 71.4 cm³/mol. The van der Waals surface area contributed by atoms with Gasteiger partial charge in [-0.25, -0.2) is 4.79 Å². The number of carbonyl (C=O) groups excluding carboxylic acids is 1. The zero-order valence-electron chi connectivity index (χ0n) is 10.3. The summed E-state index contributed by atoms with van der Waals surface area (Å²) in [5.41, 5.74) is 5.27. The standard InChI is InChI=1S/C7H12N2O.C5H11N.ClH/c10-7(8-5-1-2-5)9-6-3-4-6;6-4-3-5-1-2-5;/h5-6H,1-4H2,(H2,8,9,10);5H,1-4,6H2;1H. The molecular weight excluding hydrogens is 238 g/mol. The Kier molecular flexibility index (Phi) is 6.06. The Morgan fingerprint density at radius 2 is 1.47 bits per heavy atom. The fourth-order valence-electron chi connectivity index (χ4n) is 1.51. The number of halogens is 1. The fourth-order valence-corrected chi connectivity index (χ4v) is 1.51. The van der Waals surface area contributed by atoms with Gasteiger partial charge in [-0.05, 0) is 44.6 Å². The van der Waals surface area contributed by atoms with Gasteiger partial charge in [0.2, 0.25) is 0 Å². The van der Waals surface area contributed by atoms with Gasteiger partial charge in [0.05, 0.1) is 0 Å². The summed E-state index contributed by atoms with van der Waals surface area (Å²) in [7, 11) is 0. The Morgan fingerprint density at radius 1 is 1.00 bits per heavy atom. The van der Waals surface area contributed by atoms with Crippen LogP contribution >= 0.6 is 12.4 Å². The van der Waals surface area contributed by atoms with E-state index in [4.69, 9.17) is 5.73 Å². The monoisotopic (exact) mass is 261 g/mol. The maximum Gasteiger partial charge on any atom is 0.315 e. The number of amides is 2. The van der Waals surface area contributed by atoms with Crippen molar-refractivity contribution in [2.24, 2.45) is 11.7 Å². The first-order valence-corrected chi connectivity index (χ1v) is 6.55. The predicted octanol–water partition coefficient (Wildman–Crippen LogP) is 1.78. The van der Waals surface area contributed by atoms with E-state index < -0.39 is 0 Å². The molecular formula is C12H24ClN3O. The average Bonchev–Trinajstić information content (AvgIpc) is 3.08. The van der Waals surface area contributed by atoms with Crippen molar-refractivity contribution in [3.05, 3.63) is 0 Å². The largest absolute Gasteiger partial charge is 0.335 e. The summed E-state index contributed by atoms with van der Waals surface area (Å²) >= 11 is 0. The minimum Gasteiger partial charge on any atom is -0.335 e. The molecule has 4 N–H and O–H groups in total. The molecule has 3 aliphatic carbocycles. The van der Waals surface area contributed by atoms with Crippen LogP contribution in [0.3, 0.4) is 0 Å². The molecule has 4 nitrogen and oxygen atoms in total. The minimum absolute atomic E-state index is 0. The van der Waals surface area contributed by atoms with Crippen LogP contribution in [0.5, 0.6) is 0 Å². The molecule has 0 aromatic rings. The van der Waals surface area contributed by atoms with Gasteiger partial charge in [-0.15, -0.1) is 12.4 Å². The van der Waals surface area contributed by atoms with Crippen molar-refractivity contribution in [3.8, 4) is 0 Å². The third-order valence-electron chi connectivity index (χ3n) is 3.10. The highest BCUT2D eigenvalue weighted by atomic mass is 35.5. The molecule has 100 valence electrons. The molecule has 0 aliphatic heterocycles. The molecule has 0 bridgehead atoms. The van der Waals surface area contributed by atoms with Gasteiger partial charge < -0.3 is 16.4 Å². The van der Waals surface area contributed by atoms with Crippen LogP contribution in [0, 0.1) is 5.92 Å². The van der Waals surface area contributed by atoms with E-state index in [2.05, 4.69) is 10.6 Å². The summed E-state index contributed by atoms with van der Waals surface area (Å²) in [5, 5.41) is 5.75. The first kappa shape index (κ1) is 14.6. The maximum absolute atomic E-state index is 10.9. The zero-order valence-corrected chi connectivity index (χ0v) is 11.1. The Labute approximate surface area is 109 Å². The molecule has 3 saturated carbocycles. The van der Waals surface area contributed by atoms with E-state index in [0.29, 0.717) is 12.1 Å². The summed E-state index contributed by atoms with van der Waals surface area (Å²) in [6, 6.07) is 1.00. The molecule has 0 aromatic carbocycles. The smallest absolute Gasteiger partial charge is 0.315 e. The van der Waals surface area contributed by atoms with Crippen molar-refractivity contribution in [1.29, 1.82) is 0 Å². The summed E-state index contributed by atoms with van der Waals surface area (Å²) in [6.45, 7) is 0.894. The van der Waals surface area contributed by atoms with E-state index in [9.17, 15) is 4.79 Å². The van der Waals surface area contributed by atoms with E-state index in [1.165, 1.54) is 19.3 Å². The highest BCUT2D eigenvalue weighted by Gasteiger charge is 2.27. The Hall–Kier alpha value is -0.480. The summed E-state index contributed by atoms with van der Waals surface area (Å²) in [4.78, 5) is 10.9. The summed E-state index contributed by atoms with van der Waals surface area (Å²) in [6.07, 6.45) is 8.81. The number of hydrogen-bond donors (Lipinski definition) is 3. The van der Waals surface area contributed by atoms with Crippen LogP contribution in [0.4, 0.5) is 4.79 Å². The fraction of sp³-hybridized carbons (Fsp3) is 0.917. The Balaban J connectivity index is 0.000000180. The molecule has 0 atom stereocenters. The van der Waals surface area contributed by atoms with Gasteiger partial charge in [0, 0.05) is 12.1 Å². The quantitative estimate of drug-likeness (QED) is 0.722. The van der Waals surface area contributed by atoms with E-state index >= 15 is 0 Å². The lowest BCUT2D eigenvalue weighted by Gasteiger charge is -2.03. The van der Waals surface area contributed by atoms with Crippen LogP contribution in [0.15, 0.2) is 0 Å². The van der Waals surface area contributed by atoms with Crippen LogP contribution < -0.4 is 16.4 Å². The normalized spacial score (nSPS) is 21.7. The molecule has 3 fully saturated rings. The molecule has 0 saturated heterocycles. The maximum atomic E-state index is 10.9. The highest BCUT2D eigenvalue weighted by molar-refractivity contribution is 5.85. The van der Waals surface area contributed by atoms with Crippen LogP contribution in [-0.2, 0) is 0 Å². The molecule has 17 heavy (non-hydrogen) atoms. The zero-order chi connectivity index (χ0) is 11.4. The Bertz CT molecular complexity index is 222. The van der Waals surface area contributed by atoms with Crippen LogP contribution in [0.25, 0.3) is 0 Å². The molecule has 0 heterocycles. The van der Waals surface area contributed by atoms with Gasteiger partial charge in [0.1, 0.15) is 0 Å². The highest BCUT2D eigenvalue weighted by Crippen LogP contribution is 2.31. The lowest BCUT2D eigenvalue weighted by atomic mass is 10.3. The number of rotatable bonds is 4. The van der Waals surface area contributed by atoms with Gasteiger partial charge >= 0.3 is 6.03 Å². The number of urea groups is 1. The van der Waals surface area contributed by atoms with Crippen molar-refractivity contribution >= 4 is 18.4 Å². The van der Waals surface area contributed by atoms with Crippen molar-refractivity contribution in [3.63, 3.8) is 0 Å². The van der Waals surface area contributed by atoms with Crippen molar-refractivity contribution in [2.75, 3.05) is 6.54 Å². The molecule has 3 rings (SSSR count). The first-order valence-electron chi connectivity index (χ1n) is 6.55. The average molecular weight is 262 g/mol. The first-order chi connectivity index (χ1) is 7.78. The topological polar surface area (TPSA) is 67.2 Å². The van der Waals surface area contributed by atoms with Crippen LogP contribution in [0.1, 0.15) is 44.9 Å². The van der Waals surface area contributed by atoms with Gasteiger partial charge in [-0.1, -0.05) is 12.8 Å². The molecule has 3 aliphatic rings. The summed E-state index contributed by atoms with van der Waals surface area (Å²) < 4.78 is 0. The summed E-state index contributed by atoms with van der Waals surface area (Å²) in [5.74, 6) is 1.02. The number of nitrogens with two attached hydrogens (primary N) is 1. The molecule has 2 amide bonds. The van der Waals surface area contributed by atoms with Gasteiger partial charge in [-0.3, -0.25) is 0 Å². The molecule has 0 spiro atoms. The number of nitrogens with one attached hydrogen (secondary N) is 2. The molecule has 0 radical (unpaired) electrons. The molecule has 0 aromatic heterocycles. The van der Waals surface area contributed by atoms with E-state index in [1.54, 1.807) is 0 Å². The van der Waals surface area contributed by atoms with Crippen LogP contribution in [0.2, 0.25) is 0 Å². The van der Waals surface area contributed by atoms with Crippen molar-refractivity contribution in [2.45, 2.75) is 57.0 Å². The van der Waals surface area contributed by atoms with E-state index in [-0.39, 0.29) is 18.4 Å². The molecule has 0 unspecified atom stereocenters.